The minimum absolute atomic E-state index is 0.906. The molecule has 0 bridgehead atoms. The molecule has 0 amide bonds. The van der Waals surface area contributed by atoms with E-state index in [1.165, 1.54) is 5.56 Å². The van der Waals surface area contributed by atoms with Gasteiger partial charge in [-0.05, 0) is 25.5 Å². The second-order valence-electron chi connectivity index (χ2n) is 4.25. The topological polar surface area (TPSA) is 28.2 Å². The van der Waals surface area contributed by atoms with Gasteiger partial charge in [0, 0.05) is 31.4 Å². The maximum absolute atomic E-state index is 4.56. The molecule has 96 valence electrons. The molecular formula is C14H25N3. The van der Waals surface area contributed by atoms with Crippen LogP contribution in [0.3, 0.4) is 0 Å². The molecule has 0 atom stereocenters. The summed E-state index contributed by atoms with van der Waals surface area (Å²) in [5, 5.41) is 3.38. The Morgan fingerprint density at radius 3 is 2.47 bits per heavy atom. The van der Waals surface area contributed by atoms with E-state index in [0.29, 0.717) is 0 Å². The van der Waals surface area contributed by atoms with Gasteiger partial charge in [0.1, 0.15) is 5.82 Å². The van der Waals surface area contributed by atoms with E-state index in [9.17, 15) is 0 Å². The summed E-state index contributed by atoms with van der Waals surface area (Å²) >= 11 is 0. The van der Waals surface area contributed by atoms with E-state index in [2.05, 4.69) is 42.0 Å². The van der Waals surface area contributed by atoms with Gasteiger partial charge in [0.05, 0.1) is 0 Å². The molecule has 0 aromatic carbocycles. The molecule has 0 aliphatic carbocycles. The minimum Gasteiger partial charge on any atom is -0.356 e. The molecule has 1 heterocycles. The molecule has 1 N–H and O–H groups in total. The van der Waals surface area contributed by atoms with Gasteiger partial charge >= 0.3 is 0 Å². The van der Waals surface area contributed by atoms with Crippen LogP contribution in [0.5, 0.6) is 0 Å². The van der Waals surface area contributed by atoms with E-state index >= 15 is 0 Å². The lowest BCUT2D eigenvalue weighted by Crippen LogP contribution is -2.28. The van der Waals surface area contributed by atoms with Crippen molar-refractivity contribution < 1.29 is 0 Å². The van der Waals surface area contributed by atoms with Gasteiger partial charge in [-0.1, -0.05) is 26.8 Å². The van der Waals surface area contributed by atoms with Crippen LogP contribution in [0.15, 0.2) is 18.3 Å². The third-order valence-corrected chi connectivity index (χ3v) is 2.72. The Labute approximate surface area is 105 Å². The molecule has 0 unspecified atom stereocenters. The first-order chi connectivity index (χ1) is 8.33. The number of rotatable bonds is 8. The smallest absolute Gasteiger partial charge is 0.133 e. The van der Waals surface area contributed by atoms with Crippen molar-refractivity contribution in [3.05, 3.63) is 23.9 Å². The molecule has 3 heteroatoms. The predicted octanol–water partition coefficient (Wildman–Crippen LogP) is 2.82. The van der Waals surface area contributed by atoms with Crippen molar-refractivity contribution in [3.8, 4) is 0 Å². The Morgan fingerprint density at radius 1 is 1.18 bits per heavy atom. The minimum atomic E-state index is 0.906. The van der Waals surface area contributed by atoms with Crippen LogP contribution in [-0.4, -0.2) is 24.6 Å². The second-order valence-corrected chi connectivity index (χ2v) is 4.25. The lowest BCUT2D eigenvalue weighted by atomic mass is 10.2. The molecule has 17 heavy (non-hydrogen) atoms. The zero-order chi connectivity index (χ0) is 12.5. The summed E-state index contributed by atoms with van der Waals surface area (Å²) in [6.07, 6.45) is 4.22. The van der Waals surface area contributed by atoms with Crippen molar-refractivity contribution in [1.82, 2.24) is 10.3 Å². The molecule has 0 spiro atoms. The summed E-state index contributed by atoms with van der Waals surface area (Å²) < 4.78 is 0. The summed E-state index contributed by atoms with van der Waals surface area (Å²) in [4.78, 5) is 6.95. The molecule has 1 rings (SSSR count). The monoisotopic (exact) mass is 235 g/mol. The van der Waals surface area contributed by atoms with Gasteiger partial charge in [0.2, 0.25) is 0 Å². The van der Waals surface area contributed by atoms with E-state index in [4.69, 9.17) is 0 Å². The van der Waals surface area contributed by atoms with Gasteiger partial charge in [0.25, 0.3) is 0 Å². The van der Waals surface area contributed by atoms with Crippen LogP contribution in [0.4, 0.5) is 5.82 Å². The van der Waals surface area contributed by atoms with Crippen molar-refractivity contribution in [3.63, 3.8) is 0 Å². The van der Waals surface area contributed by atoms with E-state index in [1.54, 1.807) is 0 Å². The van der Waals surface area contributed by atoms with Crippen LogP contribution in [0.25, 0.3) is 0 Å². The largest absolute Gasteiger partial charge is 0.356 e. The summed E-state index contributed by atoms with van der Waals surface area (Å²) in [5.74, 6) is 1.15. The zero-order valence-electron chi connectivity index (χ0n) is 11.4. The molecule has 0 aliphatic rings. The molecular weight excluding hydrogens is 210 g/mol. The molecule has 0 aliphatic heterocycles. The fourth-order valence-electron chi connectivity index (χ4n) is 1.98. The highest BCUT2D eigenvalue weighted by Crippen LogP contribution is 2.17. The Morgan fingerprint density at radius 2 is 1.88 bits per heavy atom. The highest BCUT2D eigenvalue weighted by atomic mass is 15.2. The number of nitrogens with one attached hydrogen (secondary N) is 1. The van der Waals surface area contributed by atoms with Crippen LogP contribution < -0.4 is 10.2 Å². The average Bonchev–Trinajstić information content (AvgIpc) is 2.36. The summed E-state index contributed by atoms with van der Waals surface area (Å²) in [7, 11) is 0. The van der Waals surface area contributed by atoms with Crippen molar-refractivity contribution in [2.75, 3.05) is 24.5 Å². The lowest BCUT2D eigenvalue weighted by molar-refractivity contribution is 0.698. The summed E-state index contributed by atoms with van der Waals surface area (Å²) in [5.41, 5.74) is 1.30. The second kappa shape index (κ2) is 8.07. The van der Waals surface area contributed by atoms with E-state index in [0.717, 1.165) is 44.8 Å². The molecule has 0 saturated heterocycles. The highest BCUT2D eigenvalue weighted by Gasteiger charge is 2.10. The van der Waals surface area contributed by atoms with Gasteiger partial charge < -0.3 is 10.2 Å². The van der Waals surface area contributed by atoms with Gasteiger partial charge in [-0.3, -0.25) is 0 Å². The predicted molar refractivity (Wildman–Crippen MR) is 74.4 cm³/mol. The maximum Gasteiger partial charge on any atom is 0.133 e. The normalized spacial score (nSPS) is 10.5. The fourth-order valence-corrected chi connectivity index (χ4v) is 1.98. The Balaban J connectivity index is 2.83. The molecule has 0 fully saturated rings. The molecule has 0 radical (unpaired) electrons. The van der Waals surface area contributed by atoms with E-state index in [1.807, 2.05) is 12.3 Å². The van der Waals surface area contributed by atoms with Gasteiger partial charge in [0.15, 0.2) is 0 Å². The SMILES string of the molecule is CCCN(CCC)c1ncccc1CNCC. The molecule has 1 aromatic rings. The first kappa shape index (κ1) is 14.0. The van der Waals surface area contributed by atoms with Crippen LogP contribution >= 0.6 is 0 Å². The average molecular weight is 235 g/mol. The third kappa shape index (κ3) is 4.35. The first-order valence-corrected chi connectivity index (χ1v) is 6.73. The Bertz CT molecular complexity index is 306. The van der Waals surface area contributed by atoms with Gasteiger partial charge in [-0.2, -0.15) is 0 Å². The van der Waals surface area contributed by atoms with E-state index in [-0.39, 0.29) is 0 Å². The van der Waals surface area contributed by atoms with Crippen LogP contribution in [-0.2, 0) is 6.54 Å². The van der Waals surface area contributed by atoms with Crippen molar-refractivity contribution >= 4 is 5.82 Å². The van der Waals surface area contributed by atoms with Crippen molar-refractivity contribution in [1.29, 1.82) is 0 Å². The molecule has 0 saturated carbocycles. The lowest BCUT2D eigenvalue weighted by Gasteiger charge is -2.25. The maximum atomic E-state index is 4.56. The van der Waals surface area contributed by atoms with Crippen molar-refractivity contribution in [2.45, 2.75) is 40.2 Å². The summed E-state index contributed by atoms with van der Waals surface area (Å²) in [6, 6.07) is 4.19. The number of hydrogen-bond donors (Lipinski definition) is 1. The van der Waals surface area contributed by atoms with Crippen molar-refractivity contribution in [2.24, 2.45) is 0 Å². The third-order valence-electron chi connectivity index (χ3n) is 2.72. The van der Waals surface area contributed by atoms with Crippen LogP contribution in [0.1, 0.15) is 39.2 Å². The number of nitrogens with zero attached hydrogens (tertiary/aromatic N) is 2. The fraction of sp³-hybridized carbons (Fsp3) is 0.643. The standard InChI is InChI=1S/C14H25N3/c1-4-10-17(11-5-2)14-13(12-15-6-3)8-7-9-16-14/h7-9,15H,4-6,10-12H2,1-3H3. The van der Waals surface area contributed by atoms with Gasteiger partial charge in [-0.15, -0.1) is 0 Å². The number of anilines is 1. The molecule has 1 aromatic heterocycles. The van der Waals surface area contributed by atoms with Gasteiger partial charge in [-0.25, -0.2) is 4.98 Å². The zero-order valence-corrected chi connectivity index (χ0v) is 11.4. The number of pyridine rings is 1. The quantitative estimate of drug-likeness (QED) is 0.751. The van der Waals surface area contributed by atoms with Crippen LogP contribution in [0, 0.1) is 0 Å². The Kier molecular flexibility index (Phi) is 6.63. The highest BCUT2D eigenvalue weighted by molar-refractivity contribution is 5.46. The number of hydrogen-bond acceptors (Lipinski definition) is 3. The van der Waals surface area contributed by atoms with E-state index < -0.39 is 0 Å². The summed E-state index contributed by atoms with van der Waals surface area (Å²) in [6.45, 7) is 10.6. The first-order valence-electron chi connectivity index (χ1n) is 6.73. The number of aromatic nitrogens is 1. The Hall–Kier alpha value is -1.09. The van der Waals surface area contributed by atoms with Crippen LogP contribution in [0.2, 0.25) is 0 Å². The molecule has 3 nitrogen and oxygen atoms in total.